The molecule has 1 fully saturated rings. The van der Waals surface area contributed by atoms with Gasteiger partial charge in [-0.3, -0.25) is 0 Å². The van der Waals surface area contributed by atoms with Crippen molar-refractivity contribution >= 4 is 34.2 Å². The fourth-order valence-electron chi connectivity index (χ4n) is 3.92. The molecule has 32 heavy (non-hydrogen) atoms. The molecule has 1 aliphatic heterocycles. The Bertz CT molecular complexity index is 1180. The highest BCUT2D eigenvalue weighted by Crippen LogP contribution is 2.38. The van der Waals surface area contributed by atoms with E-state index in [1.165, 1.54) is 25.6 Å². The number of aliphatic hydroxyl groups excluding tert-OH is 4. The molecular weight excluding hydrogens is 463 g/mol. The van der Waals surface area contributed by atoms with E-state index in [0.717, 1.165) is 0 Å². The van der Waals surface area contributed by atoms with Gasteiger partial charge in [0.2, 0.25) is 5.49 Å². The molecule has 0 amide bonds. The Morgan fingerprint density at radius 2 is 2.06 bits per heavy atom. The highest BCUT2D eigenvalue weighted by atomic mass is 35.5. The predicted molar refractivity (Wildman–Crippen MR) is 115 cm³/mol. The van der Waals surface area contributed by atoms with Crippen LogP contribution >= 0.6 is 23.2 Å². The summed E-state index contributed by atoms with van der Waals surface area (Å²) in [6, 6.07) is 4.57. The maximum atomic E-state index is 10.8. The van der Waals surface area contributed by atoms with Crippen molar-refractivity contribution in [2.75, 3.05) is 13.7 Å². The van der Waals surface area contributed by atoms with Crippen molar-refractivity contribution < 1.29 is 30.0 Å². The molecule has 3 heterocycles. The SMILES string of the molecule is CO/N=c1\nc[nH]c2c1c(CCO)cn2[C@@H]1O[C@H](C(O)c2ccc(Cl)c(Cl)c2)[C@@H](O)[C@H]1O. The molecule has 1 aromatic carbocycles. The van der Waals surface area contributed by atoms with Gasteiger partial charge in [-0.25, -0.2) is 4.98 Å². The van der Waals surface area contributed by atoms with E-state index in [-0.39, 0.29) is 23.5 Å². The molecule has 0 bridgehead atoms. The Hall–Kier alpha value is -2.18. The zero-order chi connectivity index (χ0) is 23.0. The van der Waals surface area contributed by atoms with Crippen LogP contribution in [0.3, 0.4) is 0 Å². The third-order valence-electron chi connectivity index (χ3n) is 5.43. The number of nitrogens with one attached hydrogen (secondary N) is 1. The van der Waals surface area contributed by atoms with Crippen molar-refractivity contribution in [2.45, 2.75) is 37.1 Å². The number of rotatable bonds is 6. The highest BCUT2D eigenvalue weighted by molar-refractivity contribution is 6.42. The van der Waals surface area contributed by atoms with Gasteiger partial charge in [0.15, 0.2) is 6.23 Å². The first-order chi connectivity index (χ1) is 15.4. The van der Waals surface area contributed by atoms with E-state index in [2.05, 4.69) is 15.1 Å². The largest absolute Gasteiger partial charge is 0.397 e. The number of ether oxygens (including phenoxy) is 1. The Balaban J connectivity index is 1.73. The van der Waals surface area contributed by atoms with Crippen molar-refractivity contribution in [3.05, 3.63) is 57.4 Å². The Morgan fingerprint density at radius 3 is 2.75 bits per heavy atom. The number of H-pyrrole nitrogens is 1. The average Bonchev–Trinajstić information content (AvgIpc) is 3.28. The summed E-state index contributed by atoms with van der Waals surface area (Å²) in [4.78, 5) is 12.0. The van der Waals surface area contributed by atoms with E-state index in [4.69, 9.17) is 32.8 Å². The zero-order valence-corrected chi connectivity index (χ0v) is 18.4. The fourth-order valence-corrected chi connectivity index (χ4v) is 4.23. The zero-order valence-electron chi connectivity index (χ0n) is 16.9. The van der Waals surface area contributed by atoms with Crippen molar-refractivity contribution in [3.63, 3.8) is 0 Å². The molecule has 5 N–H and O–H groups in total. The topological polar surface area (TPSA) is 145 Å². The number of halogens is 2. The average molecular weight is 485 g/mol. The molecule has 1 unspecified atom stereocenters. The molecule has 5 atom stereocenters. The van der Waals surface area contributed by atoms with Crippen LogP contribution in [0, 0.1) is 0 Å². The summed E-state index contributed by atoms with van der Waals surface area (Å²) < 4.78 is 7.51. The van der Waals surface area contributed by atoms with Crippen molar-refractivity contribution in [1.29, 1.82) is 0 Å². The number of fused-ring (bicyclic) bond motifs is 1. The number of aromatic nitrogens is 3. The van der Waals surface area contributed by atoms with Gasteiger partial charge >= 0.3 is 0 Å². The van der Waals surface area contributed by atoms with Crippen LogP contribution in [-0.2, 0) is 16.0 Å². The maximum Gasteiger partial charge on any atom is 0.204 e. The lowest BCUT2D eigenvalue weighted by Gasteiger charge is -2.21. The maximum absolute atomic E-state index is 10.8. The summed E-state index contributed by atoms with van der Waals surface area (Å²) in [5.41, 5.74) is 1.83. The van der Waals surface area contributed by atoms with Gasteiger partial charge < -0.3 is 39.6 Å². The van der Waals surface area contributed by atoms with Gasteiger partial charge in [-0.1, -0.05) is 34.4 Å². The van der Waals surface area contributed by atoms with E-state index in [1.807, 2.05) is 0 Å². The molecule has 3 aromatic rings. The molecule has 1 saturated heterocycles. The van der Waals surface area contributed by atoms with Crippen molar-refractivity contribution in [1.82, 2.24) is 14.5 Å². The van der Waals surface area contributed by atoms with Crippen LogP contribution in [0.5, 0.6) is 0 Å². The van der Waals surface area contributed by atoms with Gasteiger partial charge in [-0.05, 0) is 29.7 Å². The van der Waals surface area contributed by atoms with E-state index in [9.17, 15) is 20.4 Å². The second-order valence-corrected chi connectivity index (χ2v) is 8.16. The number of hydrogen-bond acceptors (Lipinski definition) is 8. The van der Waals surface area contributed by atoms with E-state index in [0.29, 0.717) is 27.2 Å². The molecule has 0 spiro atoms. The molecule has 172 valence electrons. The van der Waals surface area contributed by atoms with Crippen LogP contribution in [0.15, 0.2) is 35.9 Å². The van der Waals surface area contributed by atoms with Crippen LogP contribution < -0.4 is 5.49 Å². The highest BCUT2D eigenvalue weighted by Gasteiger charge is 2.47. The van der Waals surface area contributed by atoms with Crippen molar-refractivity contribution in [3.8, 4) is 0 Å². The lowest BCUT2D eigenvalue weighted by atomic mass is 9.99. The van der Waals surface area contributed by atoms with Crippen LogP contribution in [0.25, 0.3) is 11.0 Å². The molecule has 0 saturated carbocycles. The molecule has 0 aliphatic carbocycles. The predicted octanol–water partition coefficient (Wildman–Crippen LogP) is 1.02. The van der Waals surface area contributed by atoms with E-state index >= 15 is 0 Å². The minimum Gasteiger partial charge on any atom is -0.397 e. The lowest BCUT2D eigenvalue weighted by Crippen LogP contribution is -2.34. The number of aliphatic hydroxyl groups is 4. The quantitative estimate of drug-likeness (QED) is 0.328. The molecule has 2 aromatic heterocycles. The van der Waals surface area contributed by atoms with Gasteiger partial charge in [0.1, 0.15) is 37.2 Å². The number of nitrogens with zero attached hydrogens (tertiary/aromatic N) is 3. The summed E-state index contributed by atoms with van der Waals surface area (Å²) in [5.74, 6) is 0. The standard InChI is InChI=1S/C20H22Cl2N4O6/c1-31-25-18-13-10(4-5-27)7-26(19(13)24-8-23-18)20-16(30)15(29)17(32-20)14(28)9-2-3-11(21)12(22)6-9/h2-3,6-8,14-17,20,27-30H,4-5H2,1H3,(H,23,24,25)/t14?,15-,16+,17+,20+/m0/s1. The molecule has 4 rings (SSSR count). The lowest BCUT2D eigenvalue weighted by molar-refractivity contribution is -0.0848. The van der Waals surface area contributed by atoms with Crippen LogP contribution in [0.2, 0.25) is 10.0 Å². The minimum absolute atomic E-state index is 0.129. The van der Waals surface area contributed by atoms with E-state index < -0.39 is 30.6 Å². The first-order valence-electron chi connectivity index (χ1n) is 9.77. The summed E-state index contributed by atoms with van der Waals surface area (Å²) >= 11 is 12.0. The third-order valence-corrected chi connectivity index (χ3v) is 6.17. The monoisotopic (exact) mass is 484 g/mol. The van der Waals surface area contributed by atoms with Crippen molar-refractivity contribution in [2.24, 2.45) is 5.16 Å². The fraction of sp³-hybridized carbons (Fsp3) is 0.400. The minimum atomic E-state index is -1.40. The van der Waals surface area contributed by atoms with E-state index in [1.54, 1.807) is 16.8 Å². The van der Waals surface area contributed by atoms with Crippen LogP contribution in [0.4, 0.5) is 0 Å². The second-order valence-electron chi connectivity index (χ2n) is 7.35. The summed E-state index contributed by atoms with van der Waals surface area (Å²) in [6.45, 7) is -0.129. The smallest absolute Gasteiger partial charge is 0.204 e. The molecule has 0 radical (unpaired) electrons. The van der Waals surface area contributed by atoms with Gasteiger partial charge in [-0.15, -0.1) is 0 Å². The summed E-state index contributed by atoms with van der Waals surface area (Å²) in [6.07, 6.45) is -2.86. The van der Waals surface area contributed by atoms with Gasteiger partial charge in [0, 0.05) is 12.8 Å². The van der Waals surface area contributed by atoms with Gasteiger partial charge in [0.05, 0.1) is 21.8 Å². The second kappa shape index (κ2) is 9.36. The molecule has 12 heteroatoms. The summed E-state index contributed by atoms with van der Waals surface area (Å²) in [5, 5.41) is 46.8. The van der Waals surface area contributed by atoms with Crippen LogP contribution in [-0.4, -0.2) is 67.0 Å². The number of benzene rings is 1. The molecule has 10 nitrogen and oxygen atoms in total. The summed E-state index contributed by atoms with van der Waals surface area (Å²) in [7, 11) is 1.39. The third kappa shape index (κ3) is 3.99. The molecular formula is C20H22Cl2N4O6. The first-order valence-corrected chi connectivity index (χ1v) is 10.5. The normalized spacial score (nSPS) is 24.9. The Kier molecular flexibility index (Phi) is 6.72. The number of aromatic amines is 1. The first kappa shape index (κ1) is 23.0. The molecule has 1 aliphatic rings. The number of hydrogen-bond donors (Lipinski definition) is 5. The Morgan fingerprint density at radius 1 is 1.28 bits per heavy atom. The van der Waals surface area contributed by atoms with Gasteiger partial charge in [0.25, 0.3) is 0 Å². The Labute approximate surface area is 192 Å². The van der Waals surface area contributed by atoms with Gasteiger partial charge in [-0.2, -0.15) is 0 Å². The van der Waals surface area contributed by atoms with Crippen LogP contribution in [0.1, 0.15) is 23.5 Å².